The van der Waals surface area contributed by atoms with E-state index in [1.807, 2.05) is 6.92 Å². The smallest absolute Gasteiger partial charge is 0.244 e. The monoisotopic (exact) mass is 309 g/mol. The molecule has 1 aliphatic heterocycles. The molecule has 0 aliphatic carbocycles. The molecule has 1 aliphatic rings. The van der Waals surface area contributed by atoms with Crippen molar-refractivity contribution in [1.82, 2.24) is 4.31 Å². The minimum absolute atomic E-state index is 0.0666. The lowest BCUT2D eigenvalue weighted by Crippen LogP contribution is -2.48. The van der Waals surface area contributed by atoms with E-state index in [9.17, 15) is 8.42 Å². The third-order valence-electron chi connectivity index (χ3n) is 3.01. The van der Waals surface area contributed by atoms with Crippen molar-refractivity contribution < 1.29 is 13.2 Å². The number of rotatable bonds is 4. The van der Waals surface area contributed by atoms with Gasteiger partial charge in [0, 0.05) is 22.8 Å². The van der Waals surface area contributed by atoms with Crippen LogP contribution in [-0.4, -0.2) is 38.5 Å². The second-order valence-corrected chi connectivity index (χ2v) is 7.29. The molecule has 4 nitrogen and oxygen atoms in total. The van der Waals surface area contributed by atoms with Gasteiger partial charge in [-0.15, -0.1) is 22.9 Å². The maximum atomic E-state index is 12.5. The maximum Gasteiger partial charge on any atom is 0.244 e. The van der Waals surface area contributed by atoms with Crippen LogP contribution in [0.1, 0.15) is 18.2 Å². The van der Waals surface area contributed by atoms with Gasteiger partial charge in [-0.3, -0.25) is 0 Å². The number of alkyl halides is 1. The van der Waals surface area contributed by atoms with Crippen LogP contribution >= 0.6 is 22.9 Å². The highest BCUT2D eigenvalue weighted by Gasteiger charge is 2.33. The van der Waals surface area contributed by atoms with E-state index in [1.54, 1.807) is 15.8 Å². The summed E-state index contributed by atoms with van der Waals surface area (Å²) in [5, 5.41) is 1.66. The summed E-state index contributed by atoms with van der Waals surface area (Å²) in [6.45, 7) is 3.33. The van der Waals surface area contributed by atoms with Crippen LogP contribution in [0, 0.1) is 0 Å². The van der Waals surface area contributed by atoms with Crippen molar-refractivity contribution in [2.75, 3.05) is 19.8 Å². The zero-order chi connectivity index (χ0) is 13.2. The van der Waals surface area contributed by atoms with Gasteiger partial charge in [0.15, 0.2) is 0 Å². The van der Waals surface area contributed by atoms with Crippen LogP contribution in [0.3, 0.4) is 0 Å². The van der Waals surface area contributed by atoms with Crippen molar-refractivity contribution in [3.63, 3.8) is 0 Å². The Morgan fingerprint density at radius 3 is 3.00 bits per heavy atom. The second kappa shape index (κ2) is 5.88. The number of morpholine rings is 1. The molecule has 102 valence electrons. The van der Waals surface area contributed by atoms with E-state index in [1.165, 1.54) is 11.3 Å². The Hall–Kier alpha value is -0.140. The summed E-state index contributed by atoms with van der Waals surface area (Å²) in [5.74, 6) is 0.348. The lowest BCUT2D eigenvalue weighted by Gasteiger charge is -2.33. The quantitative estimate of drug-likeness (QED) is 0.802. The van der Waals surface area contributed by atoms with Gasteiger partial charge in [0.1, 0.15) is 0 Å². The number of thiophene rings is 1. The number of sulfonamides is 1. The van der Waals surface area contributed by atoms with Crippen molar-refractivity contribution in [3.8, 4) is 0 Å². The summed E-state index contributed by atoms with van der Waals surface area (Å²) in [6.07, 6.45) is 0.756. The summed E-state index contributed by atoms with van der Waals surface area (Å²) in [7, 11) is -3.41. The van der Waals surface area contributed by atoms with Crippen LogP contribution in [0.25, 0.3) is 0 Å². The van der Waals surface area contributed by atoms with Crippen LogP contribution < -0.4 is 0 Å². The van der Waals surface area contributed by atoms with E-state index in [4.69, 9.17) is 16.3 Å². The molecule has 1 aromatic heterocycles. The average molecular weight is 310 g/mol. The highest BCUT2D eigenvalue weighted by Crippen LogP contribution is 2.26. The topological polar surface area (TPSA) is 46.6 Å². The second-order valence-electron chi connectivity index (χ2n) is 4.14. The molecule has 7 heteroatoms. The van der Waals surface area contributed by atoms with Gasteiger partial charge in [0.2, 0.25) is 10.0 Å². The fourth-order valence-corrected chi connectivity index (χ4v) is 5.02. The van der Waals surface area contributed by atoms with Gasteiger partial charge in [-0.2, -0.15) is 4.31 Å². The molecule has 2 rings (SSSR count). The Kier molecular flexibility index (Phi) is 4.66. The van der Waals surface area contributed by atoms with Crippen LogP contribution in [-0.2, 0) is 20.6 Å². The first kappa shape index (κ1) is 14.3. The van der Waals surface area contributed by atoms with Crippen molar-refractivity contribution in [2.45, 2.75) is 30.2 Å². The Balaban J connectivity index is 2.28. The first-order valence-corrected chi connectivity index (χ1v) is 8.68. The Bertz CT molecular complexity index is 500. The van der Waals surface area contributed by atoms with Crippen molar-refractivity contribution >= 4 is 33.0 Å². The molecular weight excluding hydrogens is 294 g/mol. The molecule has 0 N–H and O–H groups in total. The largest absolute Gasteiger partial charge is 0.378 e. The molecule has 1 saturated heterocycles. The van der Waals surface area contributed by atoms with Crippen molar-refractivity contribution in [2.24, 2.45) is 0 Å². The van der Waals surface area contributed by atoms with Crippen molar-refractivity contribution in [3.05, 3.63) is 16.3 Å². The summed E-state index contributed by atoms with van der Waals surface area (Å²) in [4.78, 5) is 1.22. The molecule has 1 unspecified atom stereocenters. The molecule has 1 aromatic rings. The third-order valence-corrected chi connectivity index (χ3v) is 6.47. The molecule has 0 spiro atoms. The molecule has 0 amide bonds. The molecule has 1 fully saturated rings. The Morgan fingerprint density at radius 1 is 1.61 bits per heavy atom. The lowest BCUT2D eigenvalue weighted by molar-refractivity contribution is 0.0314. The zero-order valence-electron chi connectivity index (χ0n) is 10.1. The molecule has 2 heterocycles. The van der Waals surface area contributed by atoms with E-state index in [2.05, 4.69) is 0 Å². The number of halogens is 1. The van der Waals surface area contributed by atoms with E-state index in [0.717, 1.165) is 11.3 Å². The molecule has 0 bridgehead atoms. The van der Waals surface area contributed by atoms with E-state index in [0.29, 0.717) is 30.5 Å². The first-order chi connectivity index (χ1) is 8.59. The van der Waals surface area contributed by atoms with Crippen LogP contribution in [0.15, 0.2) is 16.3 Å². The van der Waals surface area contributed by atoms with Gasteiger partial charge < -0.3 is 4.74 Å². The lowest BCUT2D eigenvalue weighted by atomic mass is 10.2. The minimum Gasteiger partial charge on any atom is -0.378 e. The minimum atomic E-state index is -3.41. The van der Waals surface area contributed by atoms with E-state index in [-0.39, 0.29) is 6.04 Å². The predicted octanol–water partition coefficient (Wildman–Crippen LogP) is 2.29. The van der Waals surface area contributed by atoms with E-state index >= 15 is 0 Å². The first-order valence-electron chi connectivity index (χ1n) is 5.82. The van der Waals surface area contributed by atoms with Crippen LogP contribution in [0.4, 0.5) is 0 Å². The summed E-state index contributed by atoms with van der Waals surface area (Å²) >= 11 is 7.09. The van der Waals surface area contributed by atoms with Crippen molar-refractivity contribution in [1.29, 1.82) is 0 Å². The highest BCUT2D eigenvalue weighted by molar-refractivity contribution is 7.89. The van der Waals surface area contributed by atoms with Gasteiger partial charge in [0.25, 0.3) is 0 Å². The van der Waals surface area contributed by atoms with E-state index < -0.39 is 10.0 Å². The van der Waals surface area contributed by atoms with Gasteiger partial charge >= 0.3 is 0 Å². The summed E-state index contributed by atoms with van der Waals surface area (Å²) in [5.41, 5.74) is 0. The number of hydrogen-bond donors (Lipinski definition) is 0. The number of nitrogens with zero attached hydrogens (tertiary/aromatic N) is 1. The standard InChI is InChI=1S/C11H16ClNO3S2/c1-2-9-7-16-4-3-13(9)18(14,15)11-5-10(6-12)17-8-11/h5,8-9H,2-4,6-7H2,1H3. The molecular formula is C11H16ClNO3S2. The average Bonchev–Trinajstić information content (AvgIpc) is 2.88. The van der Waals surface area contributed by atoms with Gasteiger partial charge in [-0.1, -0.05) is 6.92 Å². The molecule has 0 radical (unpaired) electrons. The highest BCUT2D eigenvalue weighted by atomic mass is 35.5. The molecule has 0 saturated carbocycles. The zero-order valence-corrected chi connectivity index (χ0v) is 12.5. The summed E-state index contributed by atoms with van der Waals surface area (Å²) in [6, 6.07) is 1.60. The normalized spacial score (nSPS) is 22.2. The maximum absolute atomic E-state index is 12.5. The van der Waals surface area contributed by atoms with Crippen LogP contribution in [0.5, 0.6) is 0 Å². The fourth-order valence-electron chi connectivity index (χ4n) is 1.98. The number of hydrogen-bond acceptors (Lipinski definition) is 4. The molecule has 1 atom stereocenters. The Morgan fingerprint density at radius 2 is 2.39 bits per heavy atom. The summed E-state index contributed by atoms with van der Waals surface area (Å²) < 4.78 is 31.9. The number of ether oxygens (including phenoxy) is 1. The SMILES string of the molecule is CCC1COCCN1S(=O)(=O)c1csc(CCl)c1. The van der Waals surface area contributed by atoms with Gasteiger partial charge in [0.05, 0.1) is 24.0 Å². The fraction of sp³-hybridized carbons (Fsp3) is 0.636. The van der Waals surface area contributed by atoms with Crippen LogP contribution in [0.2, 0.25) is 0 Å². The van der Waals surface area contributed by atoms with Gasteiger partial charge in [-0.25, -0.2) is 8.42 Å². The molecule has 0 aromatic carbocycles. The third kappa shape index (κ3) is 2.72. The Labute approximate surface area is 117 Å². The predicted molar refractivity (Wildman–Crippen MR) is 72.7 cm³/mol. The molecule has 18 heavy (non-hydrogen) atoms. The van der Waals surface area contributed by atoms with Gasteiger partial charge in [-0.05, 0) is 12.5 Å².